The molecule has 5 rings (SSSR count). The first-order valence-electron chi connectivity index (χ1n) is 10.7. The largest absolute Gasteiger partial charge is 0.493 e. The third kappa shape index (κ3) is 3.61. The number of halogens is 1. The quantitative estimate of drug-likeness (QED) is 0.382. The number of benzene rings is 3. The molecule has 3 aromatic rings. The number of carbonyl (C=O) groups excluding carboxylic acids is 2. The Balaban J connectivity index is 1.54. The second kappa shape index (κ2) is 8.74. The maximum Gasteiger partial charge on any atom is 0.256 e. The molecule has 0 bridgehead atoms. The summed E-state index contributed by atoms with van der Waals surface area (Å²) in [6.07, 6.45) is 0.473. The highest BCUT2D eigenvalue weighted by atomic mass is 35.5. The monoisotopic (exact) mass is 492 g/mol. The molecule has 2 aliphatic heterocycles. The highest BCUT2D eigenvalue weighted by Gasteiger charge is 2.46. The minimum atomic E-state index is -0.464. The standard InChI is InChI=1S/C26H21ClN2O4S/c1-32-22-11-16-10-21-25(31)29(26(34)28(21)14-17(16)12-23(22)33-2)20-9-8-18(27)13-19(20)24(30)15-6-4-3-5-7-15/h3-9,11-13,21H,10,14H2,1-2H3/t21-/m0/s1. The molecule has 2 heterocycles. The topological polar surface area (TPSA) is 59.1 Å². The summed E-state index contributed by atoms with van der Waals surface area (Å²) in [4.78, 5) is 30.3. The fourth-order valence-electron chi connectivity index (χ4n) is 4.56. The van der Waals surface area contributed by atoms with Gasteiger partial charge >= 0.3 is 0 Å². The van der Waals surface area contributed by atoms with Gasteiger partial charge < -0.3 is 14.4 Å². The predicted octanol–water partition coefficient (Wildman–Crippen LogP) is 4.65. The zero-order chi connectivity index (χ0) is 24.0. The van der Waals surface area contributed by atoms with Gasteiger partial charge in [0, 0.05) is 29.1 Å². The molecule has 2 aliphatic rings. The summed E-state index contributed by atoms with van der Waals surface area (Å²) < 4.78 is 10.9. The number of anilines is 1. The Hall–Kier alpha value is -3.42. The van der Waals surface area contributed by atoms with Crippen LogP contribution in [0.4, 0.5) is 5.69 Å². The van der Waals surface area contributed by atoms with E-state index in [0.717, 1.165) is 11.1 Å². The van der Waals surface area contributed by atoms with Crippen LogP contribution in [0.3, 0.4) is 0 Å². The van der Waals surface area contributed by atoms with E-state index in [4.69, 9.17) is 33.3 Å². The number of rotatable bonds is 5. The number of ether oxygens (including phenoxy) is 2. The molecule has 0 N–H and O–H groups in total. The molecule has 6 nitrogen and oxygen atoms in total. The molecular formula is C26H21ClN2O4S. The number of thiocarbonyl (C=S) groups is 1. The van der Waals surface area contributed by atoms with E-state index < -0.39 is 6.04 Å². The second-order valence-electron chi connectivity index (χ2n) is 8.14. The number of ketones is 1. The van der Waals surface area contributed by atoms with Gasteiger partial charge in [-0.2, -0.15) is 0 Å². The van der Waals surface area contributed by atoms with Crippen LogP contribution in [-0.2, 0) is 17.8 Å². The van der Waals surface area contributed by atoms with Crippen molar-refractivity contribution in [3.05, 3.63) is 87.9 Å². The first kappa shape index (κ1) is 22.4. The van der Waals surface area contributed by atoms with E-state index in [2.05, 4.69) is 0 Å². The van der Waals surface area contributed by atoms with E-state index in [-0.39, 0.29) is 11.7 Å². The van der Waals surface area contributed by atoms with Crippen molar-refractivity contribution in [3.63, 3.8) is 0 Å². The fraction of sp³-hybridized carbons (Fsp3) is 0.192. The fourth-order valence-corrected chi connectivity index (χ4v) is 5.11. The van der Waals surface area contributed by atoms with Gasteiger partial charge in [-0.1, -0.05) is 41.9 Å². The van der Waals surface area contributed by atoms with Crippen molar-refractivity contribution in [2.24, 2.45) is 0 Å². The van der Waals surface area contributed by atoms with Gasteiger partial charge in [-0.05, 0) is 53.7 Å². The number of amides is 1. The van der Waals surface area contributed by atoms with E-state index >= 15 is 0 Å². The van der Waals surface area contributed by atoms with Crippen molar-refractivity contribution < 1.29 is 19.1 Å². The second-order valence-corrected chi connectivity index (χ2v) is 8.94. The Kier molecular flexibility index (Phi) is 5.75. The number of fused-ring (bicyclic) bond motifs is 2. The Labute approximate surface area is 207 Å². The van der Waals surface area contributed by atoms with Crippen LogP contribution in [-0.4, -0.2) is 42.0 Å². The van der Waals surface area contributed by atoms with Crippen molar-refractivity contribution in [1.29, 1.82) is 0 Å². The Morgan fingerprint density at radius 2 is 1.68 bits per heavy atom. The highest BCUT2D eigenvalue weighted by Crippen LogP contribution is 2.39. The van der Waals surface area contributed by atoms with Crippen LogP contribution in [0.15, 0.2) is 60.7 Å². The van der Waals surface area contributed by atoms with Gasteiger partial charge in [0.1, 0.15) is 6.04 Å². The zero-order valence-corrected chi connectivity index (χ0v) is 20.2. The predicted molar refractivity (Wildman–Crippen MR) is 134 cm³/mol. The third-order valence-corrected chi connectivity index (χ3v) is 6.91. The molecule has 34 heavy (non-hydrogen) atoms. The lowest BCUT2D eigenvalue weighted by Gasteiger charge is -2.31. The van der Waals surface area contributed by atoms with Gasteiger partial charge in [0.15, 0.2) is 22.4 Å². The van der Waals surface area contributed by atoms with Gasteiger partial charge in [0.05, 0.1) is 19.9 Å². The summed E-state index contributed by atoms with van der Waals surface area (Å²) in [5, 5.41) is 0.768. The summed E-state index contributed by atoms with van der Waals surface area (Å²) in [6.45, 7) is 0.455. The first-order chi connectivity index (χ1) is 16.4. The van der Waals surface area contributed by atoms with Gasteiger partial charge in [0.2, 0.25) is 0 Å². The summed E-state index contributed by atoms with van der Waals surface area (Å²) in [6, 6.07) is 17.2. The van der Waals surface area contributed by atoms with Crippen LogP contribution in [0.5, 0.6) is 11.5 Å². The molecule has 0 aliphatic carbocycles. The van der Waals surface area contributed by atoms with Crippen LogP contribution in [0.2, 0.25) is 5.02 Å². The van der Waals surface area contributed by atoms with Crippen molar-refractivity contribution >= 4 is 46.3 Å². The molecule has 1 saturated heterocycles. The van der Waals surface area contributed by atoms with E-state index in [1.165, 1.54) is 4.90 Å². The Bertz CT molecular complexity index is 1280. The smallest absolute Gasteiger partial charge is 0.256 e. The number of methoxy groups -OCH3 is 2. The lowest BCUT2D eigenvalue weighted by Crippen LogP contribution is -2.40. The van der Waals surface area contributed by atoms with E-state index in [9.17, 15) is 9.59 Å². The molecular weight excluding hydrogens is 472 g/mol. The molecule has 1 amide bonds. The molecule has 172 valence electrons. The van der Waals surface area contributed by atoms with Crippen LogP contribution < -0.4 is 14.4 Å². The molecule has 0 unspecified atom stereocenters. The van der Waals surface area contributed by atoms with E-state index in [1.54, 1.807) is 56.7 Å². The molecule has 1 atom stereocenters. The first-order valence-corrected chi connectivity index (χ1v) is 11.5. The molecule has 0 aromatic heterocycles. The number of carbonyl (C=O) groups is 2. The van der Waals surface area contributed by atoms with Gasteiger partial charge in [-0.3, -0.25) is 14.5 Å². The minimum absolute atomic E-state index is 0.171. The molecule has 3 aromatic carbocycles. The van der Waals surface area contributed by atoms with Crippen LogP contribution in [0, 0.1) is 0 Å². The average Bonchev–Trinajstić information content (AvgIpc) is 3.10. The van der Waals surface area contributed by atoms with Crippen LogP contribution in [0.1, 0.15) is 27.0 Å². The molecule has 1 fully saturated rings. The van der Waals surface area contributed by atoms with Crippen molar-refractivity contribution in [2.75, 3.05) is 19.1 Å². The molecule has 8 heteroatoms. The highest BCUT2D eigenvalue weighted by molar-refractivity contribution is 7.80. The van der Waals surface area contributed by atoms with E-state index in [0.29, 0.717) is 51.4 Å². The normalized spacial score (nSPS) is 16.9. The van der Waals surface area contributed by atoms with Crippen molar-refractivity contribution in [2.45, 2.75) is 19.0 Å². The van der Waals surface area contributed by atoms with Crippen molar-refractivity contribution in [1.82, 2.24) is 4.90 Å². The third-order valence-electron chi connectivity index (χ3n) is 6.26. The molecule has 0 spiro atoms. The van der Waals surface area contributed by atoms with Crippen LogP contribution in [0.25, 0.3) is 0 Å². The Morgan fingerprint density at radius 1 is 1.00 bits per heavy atom. The van der Waals surface area contributed by atoms with Crippen molar-refractivity contribution in [3.8, 4) is 11.5 Å². The zero-order valence-electron chi connectivity index (χ0n) is 18.6. The number of nitrogens with zero attached hydrogens (tertiary/aromatic N) is 2. The summed E-state index contributed by atoms with van der Waals surface area (Å²) in [5.74, 6) is 0.848. The van der Waals surface area contributed by atoms with Gasteiger partial charge in [0.25, 0.3) is 5.91 Å². The Morgan fingerprint density at radius 3 is 2.35 bits per heavy atom. The summed E-state index contributed by atoms with van der Waals surface area (Å²) in [5.41, 5.74) is 3.29. The summed E-state index contributed by atoms with van der Waals surface area (Å²) in [7, 11) is 3.18. The lowest BCUT2D eigenvalue weighted by atomic mass is 9.94. The lowest BCUT2D eigenvalue weighted by molar-refractivity contribution is -0.120. The van der Waals surface area contributed by atoms with Gasteiger partial charge in [-0.25, -0.2) is 0 Å². The number of hydrogen-bond acceptors (Lipinski definition) is 5. The molecule has 0 radical (unpaired) electrons. The summed E-state index contributed by atoms with van der Waals surface area (Å²) >= 11 is 12.0. The maximum absolute atomic E-state index is 13.6. The SMILES string of the molecule is COc1cc2c(cc1OC)CN1C(=S)N(c3ccc(Cl)cc3C(=O)c3ccccc3)C(=O)[C@@H]1C2. The average molecular weight is 493 g/mol. The molecule has 0 saturated carbocycles. The van der Waals surface area contributed by atoms with E-state index in [1.807, 2.05) is 23.1 Å². The van der Waals surface area contributed by atoms with Crippen LogP contribution >= 0.6 is 23.8 Å². The van der Waals surface area contributed by atoms with Gasteiger partial charge in [-0.15, -0.1) is 0 Å². The maximum atomic E-state index is 13.6. The number of hydrogen-bond donors (Lipinski definition) is 0. The minimum Gasteiger partial charge on any atom is -0.493 e.